The van der Waals surface area contributed by atoms with E-state index in [0.29, 0.717) is 35.7 Å². The third-order valence-corrected chi connectivity index (χ3v) is 6.30. The van der Waals surface area contributed by atoms with Crippen LogP contribution in [0.4, 0.5) is 29.0 Å². The Morgan fingerprint density at radius 2 is 2.03 bits per heavy atom. The maximum atomic E-state index is 12.6. The molecule has 0 radical (unpaired) electrons. The number of hydrogen-bond acceptors (Lipinski definition) is 9. The Hall–Kier alpha value is -4.06. The predicted molar refractivity (Wildman–Crippen MR) is 134 cm³/mol. The van der Waals surface area contributed by atoms with Gasteiger partial charge in [-0.1, -0.05) is 0 Å². The Morgan fingerprint density at radius 3 is 2.77 bits per heavy atom. The molecule has 1 fully saturated rings. The van der Waals surface area contributed by atoms with Crippen LogP contribution in [0.15, 0.2) is 30.7 Å². The highest BCUT2D eigenvalue weighted by Crippen LogP contribution is 2.28. The first-order chi connectivity index (χ1) is 16.9. The van der Waals surface area contributed by atoms with Gasteiger partial charge in [-0.2, -0.15) is 15.2 Å². The number of aryl methyl sites for hydroxylation is 3. The van der Waals surface area contributed by atoms with Crippen molar-refractivity contribution in [2.75, 3.05) is 29.0 Å². The zero-order valence-corrected chi connectivity index (χ0v) is 20.3. The zero-order chi connectivity index (χ0) is 24.5. The molecule has 1 aliphatic heterocycles. The lowest BCUT2D eigenvalue weighted by atomic mass is 10.2. The van der Waals surface area contributed by atoms with Gasteiger partial charge < -0.3 is 16.0 Å². The highest BCUT2D eigenvalue weighted by molar-refractivity contribution is 5.93. The molecule has 1 atom stereocenters. The Labute approximate surface area is 202 Å². The molecule has 0 aliphatic carbocycles. The summed E-state index contributed by atoms with van der Waals surface area (Å²) in [5.74, 6) is 1.80. The number of likely N-dealkylation sites (tertiary alicyclic amines) is 1. The van der Waals surface area contributed by atoms with Crippen LogP contribution in [0.2, 0.25) is 0 Å². The average Bonchev–Trinajstić information content (AvgIpc) is 3.51. The van der Waals surface area contributed by atoms with Crippen LogP contribution in [0.25, 0.3) is 11.0 Å². The van der Waals surface area contributed by atoms with Gasteiger partial charge >= 0.3 is 0 Å². The van der Waals surface area contributed by atoms with E-state index in [9.17, 15) is 4.79 Å². The van der Waals surface area contributed by atoms with E-state index < -0.39 is 0 Å². The average molecular weight is 476 g/mol. The van der Waals surface area contributed by atoms with Gasteiger partial charge in [-0.15, -0.1) is 0 Å². The number of anilines is 5. The molecule has 1 aliphatic rings. The summed E-state index contributed by atoms with van der Waals surface area (Å²) in [6.45, 7) is 5.41. The molecule has 0 saturated carbocycles. The van der Waals surface area contributed by atoms with Crippen LogP contribution < -0.4 is 16.0 Å². The van der Waals surface area contributed by atoms with Crippen molar-refractivity contribution in [1.29, 1.82) is 0 Å². The van der Waals surface area contributed by atoms with Crippen molar-refractivity contribution >= 4 is 45.9 Å². The quantitative estimate of drug-likeness (QED) is 0.369. The van der Waals surface area contributed by atoms with E-state index in [-0.39, 0.29) is 5.91 Å². The third-order valence-electron chi connectivity index (χ3n) is 6.30. The van der Waals surface area contributed by atoms with Gasteiger partial charge in [0.05, 0.1) is 41.4 Å². The maximum Gasteiger partial charge on any atom is 0.238 e. The molecular weight excluding hydrogens is 446 g/mol. The zero-order valence-electron chi connectivity index (χ0n) is 20.3. The van der Waals surface area contributed by atoms with E-state index >= 15 is 0 Å². The van der Waals surface area contributed by atoms with Crippen LogP contribution in [0.5, 0.6) is 0 Å². The summed E-state index contributed by atoms with van der Waals surface area (Å²) in [4.78, 5) is 28.3. The number of nitrogens with zero attached hydrogens (tertiary/aromatic N) is 8. The number of nitrogens with one attached hydrogen (secondary N) is 3. The van der Waals surface area contributed by atoms with Gasteiger partial charge in [0.15, 0.2) is 11.5 Å². The summed E-state index contributed by atoms with van der Waals surface area (Å²) in [5.41, 5.74) is 2.83. The number of aromatic nitrogens is 7. The Kier molecular flexibility index (Phi) is 6.03. The summed E-state index contributed by atoms with van der Waals surface area (Å²) < 4.78 is 3.40. The minimum atomic E-state index is -0.0412. The number of carbonyl (C=O) groups excluding carboxylic acids is 1. The topological polar surface area (TPSA) is 131 Å². The van der Waals surface area contributed by atoms with Crippen molar-refractivity contribution in [3.05, 3.63) is 36.4 Å². The molecule has 0 spiro atoms. The summed E-state index contributed by atoms with van der Waals surface area (Å²) in [6, 6.07) is 4.15. The second-order valence-corrected chi connectivity index (χ2v) is 8.86. The first kappa shape index (κ1) is 22.7. The number of fused-ring (bicyclic) bond motifs is 1. The van der Waals surface area contributed by atoms with Crippen molar-refractivity contribution in [2.45, 2.75) is 32.7 Å². The third kappa shape index (κ3) is 4.78. The lowest BCUT2D eigenvalue weighted by Crippen LogP contribution is -2.35. The largest absolute Gasteiger partial charge is 0.337 e. The molecule has 5 heterocycles. The van der Waals surface area contributed by atoms with Gasteiger partial charge in [0.25, 0.3) is 0 Å². The number of amides is 1. The van der Waals surface area contributed by atoms with Gasteiger partial charge in [0, 0.05) is 32.4 Å². The standard InChI is InChI=1S/C23H29N11O/c1-14-6-5-9-34(14)13-20(35)27-16-10-18(15(2)24-11-16)28-21-17-12-25-23(30-22(17)33(4)31-21)29-19-7-8-26-32(19)3/h7-8,10-12,14H,5-6,9,13H2,1-4H3,(H,27,35)(H,28,31)(H,25,29,30)/t14-/m0/s1. The first-order valence-electron chi connectivity index (χ1n) is 11.6. The van der Waals surface area contributed by atoms with Gasteiger partial charge in [0.1, 0.15) is 5.82 Å². The fourth-order valence-corrected chi connectivity index (χ4v) is 4.27. The lowest BCUT2D eigenvalue weighted by Gasteiger charge is -2.20. The molecule has 35 heavy (non-hydrogen) atoms. The molecule has 4 aromatic rings. The number of hydrogen-bond donors (Lipinski definition) is 3. The van der Waals surface area contributed by atoms with Crippen LogP contribution in [-0.4, -0.2) is 64.5 Å². The molecule has 4 aromatic heterocycles. The second-order valence-electron chi connectivity index (χ2n) is 8.86. The van der Waals surface area contributed by atoms with Gasteiger partial charge in [-0.3, -0.25) is 19.4 Å². The fraction of sp³-hybridized carbons (Fsp3) is 0.391. The normalized spacial score (nSPS) is 16.1. The van der Waals surface area contributed by atoms with Crippen molar-refractivity contribution < 1.29 is 4.79 Å². The SMILES string of the molecule is Cc1ncc(NC(=O)CN2CCC[C@@H]2C)cc1Nc1nn(C)c2nc(Nc3ccnn3C)ncc12. The second kappa shape index (κ2) is 9.29. The molecule has 1 amide bonds. The lowest BCUT2D eigenvalue weighted by molar-refractivity contribution is -0.117. The van der Waals surface area contributed by atoms with Crippen LogP contribution >= 0.6 is 0 Å². The molecular formula is C23H29N11O. The summed E-state index contributed by atoms with van der Waals surface area (Å²) >= 11 is 0. The minimum absolute atomic E-state index is 0.0412. The molecule has 3 N–H and O–H groups in total. The monoisotopic (exact) mass is 475 g/mol. The fourth-order valence-electron chi connectivity index (χ4n) is 4.27. The van der Waals surface area contributed by atoms with E-state index in [1.54, 1.807) is 28.0 Å². The smallest absolute Gasteiger partial charge is 0.238 e. The summed E-state index contributed by atoms with van der Waals surface area (Å²) in [7, 11) is 3.67. The van der Waals surface area contributed by atoms with Gasteiger partial charge in [-0.25, -0.2) is 9.67 Å². The molecule has 12 heteroatoms. The highest BCUT2D eigenvalue weighted by Gasteiger charge is 2.22. The van der Waals surface area contributed by atoms with Crippen LogP contribution in [0, 0.1) is 6.92 Å². The van der Waals surface area contributed by atoms with E-state index in [0.717, 1.165) is 42.0 Å². The summed E-state index contributed by atoms with van der Waals surface area (Å²) in [5, 5.41) is 19.0. The summed E-state index contributed by atoms with van der Waals surface area (Å²) in [6.07, 6.45) is 7.36. The van der Waals surface area contributed by atoms with E-state index in [1.807, 2.05) is 33.2 Å². The number of pyridine rings is 1. The van der Waals surface area contributed by atoms with E-state index in [2.05, 4.69) is 52.9 Å². The molecule has 0 bridgehead atoms. The molecule has 12 nitrogen and oxygen atoms in total. The molecule has 5 rings (SSSR count). The first-order valence-corrected chi connectivity index (χ1v) is 11.6. The van der Waals surface area contributed by atoms with Gasteiger partial charge in [-0.05, 0) is 39.3 Å². The molecule has 0 aromatic carbocycles. The maximum absolute atomic E-state index is 12.6. The van der Waals surface area contributed by atoms with Crippen molar-refractivity contribution in [2.24, 2.45) is 14.1 Å². The Morgan fingerprint density at radius 1 is 1.17 bits per heavy atom. The van der Waals surface area contributed by atoms with Crippen LogP contribution in [0.3, 0.4) is 0 Å². The van der Waals surface area contributed by atoms with Crippen LogP contribution in [-0.2, 0) is 18.9 Å². The van der Waals surface area contributed by atoms with Gasteiger partial charge in [0.2, 0.25) is 11.9 Å². The molecule has 182 valence electrons. The minimum Gasteiger partial charge on any atom is -0.337 e. The van der Waals surface area contributed by atoms with Crippen molar-refractivity contribution in [3.63, 3.8) is 0 Å². The molecule has 1 saturated heterocycles. The number of rotatable bonds is 7. The Bertz CT molecular complexity index is 1380. The van der Waals surface area contributed by atoms with Crippen LogP contribution in [0.1, 0.15) is 25.5 Å². The number of carbonyl (C=O) groups is 1. The van der Waals surface area contributed by atoms with Crippen molar-refractivity contribution in [1.82, 2.24) is 39.4 Å². The molecule has 0 unspecified atom stereocenters. The highest BCUT2D eigenvalue weighted by atomic mass is 16.2. The van der Waals surface area contributed by atoms with E-state index in [1.165, 1.54) is 0 Å². The van der Waals surface area contributed by atoms with Crippen molar-refractivity contribution in [3.8, 4) is 0 Å². The van der Waals surface area contributed by atoms with E-state index in [4.69, 9.17) is 0 Å². The predicted octanol–water partition coefficient (Wildman–Crippen LogP) is 2.71. The Balaban J connectivity index is 1.33.